The molecule has 2 N–H and O–H groups in total. The summed E-state index contributed by atoms with van der Waals surface area (Å²) in [5.74, 6) is -0.833. The minimum atomic E-state index is -1.09. The fourth-order valence-electron chi connectivity index (χ4n) is 1.63. The van der Waals surface area contributed by atoms with Crippen molar-refractivity contribution in [1.82, 2.24) is 10.2 Å². The standard InChI is InChI=1S/C12H11ClN2O3/c1-2-18-11-9(10(12(16)17)14-15-11)7-4-3-5-8(13)6-7/h3-6H,2H2,1H3,(H,14,15)(H,16,17). The Bertz CT molecular complexity index is 580. The van der Waals surface area contributed by atoms with E-state index < -0.39 is 5.97 Å². The number of carboxylic acid groups (broad SMARTS) is 1. The quantitative estimate of drug-likeness (QED) is 0.892. The average molecular weight is 267 g/mol. The van der Waals surface area contributed by atoms with Gasteiger partial charge in [0.1, 0.15) is 0 Å². The molecular weight excluding hydrogens is 256 g/mol. The van der Waals surface area contributed by atoms with Gasteiger partial charge in [0.25, 0.3) is 0 Å². The fourth-order valence-corrected chi connectivity index (χ4v) is 1.82. The summed E-state index contributed by atoms with van der Waals surface area (Å²) in [7, 11) is 0. The van der Waals surface area contributed by atoms with Gasteiger partial charge >= 0.3 is 5.97 Å². The van der Waals surface area contributed by atoms with E-state index >= 15 is 0 Å². The van der Waals surface area contributed by atoms with Gasteiger partial charge in [0.15, 0.2) is 5.69 Å². The number of nitrogens with zero attached hydrogens (tertiary/aromatic N) is 1. The lowest BCUT2D eigenvalue weighted by molar-refractivity contribution is 0.0691. The van der Waals surface area contributed by atoms with E-state index in [1.807, 2.05) is 0 Å². The number of benzene rings is 1. The first-order valence-corrected chi connectivity index (χ1v) is 5.71. The Balaban J connectivity index is 2.59. The molecule has 0 spiro atoms. The van der Waals surface area contributed by atoms with Gasteiger partial charge in [0.2, 0.25) is 5.88 Å². The van der Waals surface area contributed by atoms with Crippen LogP contribution in [-0.4, -0.2) is 27.9 Å². The van der Waals surface area contributed by atoms with Crippen LogP contribution in [0.2, 0.25) is 5.02 Å². The number of carbonyl (C=O) groups is 1. The lowest BCUT2D eigenvalue weighted by atomic mass is 10.1. The van der Waals surface area contributed by atoms with E-state index in [4.69, 9.17) is 21.4 Å². The van der Waals surface area contributed by atoms with E-state index in [0.717, 1.165) is 0 Å². The second kappa shape index (κ2) is 5.10. The molecule has 0 saturated carbocycles. The first-order chi connectivity index (χ1) is 8.63. The van der Waals surface area contributed by atoms with Gasteiger partial charge < -0.3 is 9.84 Å². The smallest absolute Gasteiger partial charge is 0.354 e. The Hall–Kier alpha value is -2.01. The number of hydrogen-bond acceptors (Lipinski definition) is 3. The summed E-state index contributed by atoms with van der Waals surface area (Å²) in [4.78, 5) is 11.1. The molecule has 0 aliphatic heterocycles. The van der Waals surface area contributed by atoms with E-state index in [-0.39, 0.29) is 11.6 Å². The van der Waals surface area contributed by atoms with Gasteiger partial charge in [0, 0.05) is 5.02 Å². The van der Waals surface area contributed by atoms with E-state index in [0.29, 0.717) is 22.8 Å². The van der Waals surface area contributed by atoms with Crippen molar-refractivity contribution in [2.24, 2.45) is 0 Å². The van der Waals surface area contributed by atoms with Gasteiger partial charge in [-0.05, 0) is 24.6 Å². The normalized spacial score (nSPS) is 10.3. The number of ether oxygens (including phenoxy) is 1. The molecule has 0 amide bonds. The maximum Gasteiger partial charge on any atom is 0.354 e. The molecule has 0 bridgehead atoms. The molecule has 0 atom stereocenters. The van der Waals surface area contributed by atoms with Crippen LogP contribution in [0.3, 0.4) is 0 Å². The molecule has 5 nitrogen and oxygen atoms in total. The van der Waals surface area contributed by atoms with Gasteiger partial charge in [-0.25, -0.2) is 4.79 Å². The van der Waals surface area contributed by atoms with E-state index in [9.17, 15) is 4.79 Å². The zero-order valence-electron chi connectivity index (χ0n) is 9.61. The lowest BCUT2D eigenvalue weighted by Crippen LogP contribution is -1.99. The summed E-state index contributed by atoms with van der Waals surface area (Å²) < 4.78 is 5.31. The first-order valence-electron chi connectivity index (χ1n) is 5.34. The van der Waals surface area contributed by atoms with Crippen LogP contribution in [0.1, 0.15) is 17.4 Å². The van der Waals surface area contributed by atoms with Crippen LogP contribution < -0.4 is 4.74 Å². The molecule has 0 unspecified atom stereocenters. The molecule has 94 valence electrons. The van der Waals surface area contributed by atoms with Gasteiger partial charge in [-0.2, -0.15) is 0 Å². The van der Waals surface area contributed by atoms with Crippen molar-refractivity contribution < 1.29 is 14.6 Å². The summed E-state index contributed by atoms with van der Waals surface area (Å²) in [5.41, 5.74) is 1.05. The van der Waals surface area contributed by atoms with Gasteiger partial charge in [-0.1, -0.05) is 23.7 Å². The molecule has 2 rings (SSSR count). The van der Waals surface area contributed by atoms with Crippen molar-refractivity contribution in [3.8, 4) is 17.0 Å². The van der Waals surface area contributed by atoms with E-state index in [1.165, 1.54) is 0 Å². The zero-order chi connectivity index (χ0) is 13.1. The molecule has 1 aromatic carbocycles. The largest absolute Gasteiger partial charge is 0.477 e. The summed E-state index contributed by atoms with van der Waals surface area (Å²) in [6.45, 7) is 2.20. The second-order valence-electron chi connectivity index (χ2n) is 3.53. The Morgan fingerprint density at radius 2 is 2.33 bits per heavy atom. The number of H-pyrrole nitrogens is 1. The average Bonchev–Trinajstić information content (AvgIpc) is 2.73. The summed E-state index contributed by atoms with van der Waals surface area (Å²) in [5, 5.41) is 16.0. The second-order valence-corrected chi connectivity index (χ2v) is 3.96. The van der Waals surface area contributed by atoms with Crippen molar-refractivity contribution in [3.63, 3.8) is 0 Å². The molecule has 0 aliphatic rings. The minimum Gasteiger partial charge on any atom is -0.477 e. The molecule has 0 fully saturated rings. The molecule has 1 heterocycles. The third-order valence-corrected chi connectivity index (χ3v) is 2.58. The van der Waals surface area contributed by atoms with Crippen LogP contribution in [0.4, 0.5) is 0 Å². The summed E-state index contributed by atoms with van der Waals surface area (Å²) >= 11 is 5.90. The lowest BCUT2D eigenvalue weighted by Gasteiger charge is -2.05. The number of carboxylic acids is 1. The number of rotatable bonds is 4. The van der Waals surface area contributed by atoms with Crippen LogP contribution in [0, 0.1) is 0 Å². The highest BCUT2D eigenvalue weighted by Gasteiger charge is 2.21. The SMILES string of the molecule is CCOc1n[nH]c(C(=O)O)c1-c1cccc(Cl)c1. The van der Waals surface area contributed by atoms with Crippen LogP contribution in [0.15, 0.2) is 24.3 Å². The Morgan fingerprint density at radius 3 is 2.94 bits per heavy atom. The van der Waals surface area contributed by atoms with Gasteiger partial charge in [0.05, 0.1) is 12.2 Å². The summed E-state index contributed by atoms with van der Waals surface area (Å²) in [6, 6.07) is 6.88. The highest BCUT2D eigenvalue weighted by Crippen LogP contribution is 2.32. The van der Waals surface area contributed by atoms with Gasteiger partial charge in [-0.15, -0.1) is 5.10 Å². The Kier molecular flexibility index (Phi) is 3.53. The highest BCUT2D eigenvalue weighted by molar-refractivity contribution is 6.30. The molecule has 0 aliphatic carbocycles. The Labute approximate surface area is 108 Å². The molecule has 6 heteroatoms. The van der Waals surface area contributed by atoms with Gasteiger partial charge in [-0.3, -0.25) is 5.10 Å². The predicted molar refractivity (Wildman–Crippen MR) is 67.2 cm³/mol. The highest BCUT2D eigenvalue weighted by atomic mass is 35.5. The zero-order valence-corrected chi connectivity index (χ0v) is 10.4. The summed E-state index contributed by atoms with van der Waals surface area (Å²) in [6.07, 6.45) is 0. The van der Waals surface area contributed by atoms with E-state index in [2.05, 4.69) is 10.2 Å². The molecule has 0 saturated heterocycles. The Morgan fingerprint density at radius 1 is 1.56 bits per heavy atom. The predicted octanol–water partition coefficient (Wildman–Crippen LogP) is 2.83. The van der Waals surface area contributed by atoms with Crippen LogP contribution >= 0.6 is 11.6 Å². The minimum absolute atomic E-state index is 0.0132. The molecule has 18 heavy (non-hydrogen) atoms. The van der Waals surface area contributed by atoms with E-state index in [1.54, 1.807) is 31.2 Å². The van der Waals surface area contributed by atoms with Crippen molar-refractivity contribution >= 4 is 17.6 Å². The fraction of sp³-hybridized carbons (Fsp3) is 0.167. The van der Waals surface area contributed by atoms with Crippen LogP contribution in [0.25, 0.3) is 11.1 Å². The maximum atomic E-state index is 11.1. The number of aromatic nitrogens is 2. The topological polar surface area (TPSA) is 75.2 Å². The number of aromatic carboxylic acids is 1. The van der Waals surface area contributed by atoms with Crippen molar-refractivity contribution in [3.05, 3.63) is 35.0 Å². The number of hydrogen-bond donors (Lipinski definition) is 2. The molecule has 2 aromatic rings. The van der Waals surface area contributed by atoms with Crippen LogP contribution in [0.5, 0.6) is 5.88 Å². The molecule has 0 radical (unpaired) electrons. The van der Waals surface area contributed by atoms with Crippen LogP contribution in [-0.2, 0) is 0 Å². The number of nitrogens with one attached hydrogen (secondary N) is 1. The third kappa shape index (κ3) is 2.31. The van der Waals surface area contributed by atoms with Crippen molar-refractivity contribution in [2.75, 3.05) is 6.61 Å². The first kappa shape index (κ1) is 12.4. The number of aromatic amines is 1. The van der Waals surface area contributed by atoms with Crippen molar-refractivity contribution in [2.45, 2.75) is 6.92 Å². The third-order valence-electron chi connectivity index (χ3n) is 2.34. The number of halogens is 1. The van der Waals surface area contributed by atoms with Crippen molar-refractivity contribution in [1.29, 1.82) is 0 Å². The maximum absolute atomic E-state index is 11.1. The monoisotopic (exact) mass is 266 g/mol. The molecular formula is C12H11ClN2O3. The molecule has 1 aromatic heterocycles.